The number of hydrogen-bond acceptors (Lipinski definition) is 3. The molecular formula is C77H54N6Si2. The smallest absolute Gasteiger partial charge is 0.238 e. The fourth-order valence-electron chi connectivity index (χ4n) is 13.7. The molecule has 0 atom stereocenters. The van der Waals surface area contributed by atoms with Crippen LogP contribution in [0.5, 0.6) is 0 Å². The van der Waals surface area contributed by atoms with Gasteiger partial charge in [0.1, 0.15) is 0 Å². The van der Waals surface area contributed by atoms with Crippen molar-refractivity contribution >= 4 is 107 Å². The molecule has 8 heteroatoms. The van der Waals surface area contributed by atoms with Crippen LogP contribution < -0.4 is 41.5 Å². The predicted molar refractivity (Wildman–Crippen MR) is 358 cm³/mol. The fourth-order valence-corrected chi connectivity index (χ4v) is 23.3. The summed E-state index contributed by atoms with van der Waals surface area (Å²) in [5.74, 6) is 1.26. The Balaban J connectivity index is 0.958. The van der Waals surface area contributed by atoms with E-state index in [4.69, 9.17) is 15.0 Å². The number of rotatable bonds is 12. The largest absolute Gasteiger partial charge is 0.309 e. The van der Waals surface area contributed by atoms with Crippen LogP contribution in [-0.4, -0.2) is 44.6 Å². The van der Waals surface area contributed by atoms with E-state index >= 15 is 0 Å². The minimum atomic E-state index is -2.94. The van der Waals surface area contributed by atoms with Gasteiger partial charge in [-0.3, -0.25) is 4.40 Å². The molecule has 0 saturated heterocycles. The first-order chi connectivity index (χ1) is 42.2. The van der Waals surface area contributed by atoms with Crippen molar-refractivity contribution in [2.45, 2.75) is 0 Å². The zero-order chi connectivity index (χ0) is 56.3. The maximum atomic E-state index is 5.74. The third-order valence-electron chi connectivity index (χ3n) is 17.4. The SMILES string of the molecule is c1ccc([Si](c2ccccc2)(c2ccccc2)c2cccc(-c3cc(-c4cccc([Si](c5ccccc5)(c5ccccc5)c5ccccc5)c4)nc(-n4c5ccccc5n5c6cc(-n7c8ccccc8c8ccccc87)ccc6nc45)n3)c2)cc1. The molecule has 16 rings (SSSR count). The Kier molecular flexibility index (Phi) is 12.1. The van der Waals surface area contributed by atoms with Crippen molar-refractivity contribution < 1.29 is 0 Å². The van der Waals surface area contributed by atoms with E-state index in [1.165, 1.54) is 52.3 Å². The normalized spacial score (nSPS) is 12.0. The quantitative estimate of drug-likeness (QED) is 0.0905. The maximum Gasteiger partial charge on any atom is 0.238 e. The van der Waals surface area contributed by atoms with Crippen LogP contribution in [-0.2, 0) is 0 Å². The molecule has 0 amide bonds. The molecule has 16 aromatic rings. The molecule has 400 valence electrons. The van der Waals surface area contributed by atoms with E-state index < -0.39 is 16.1 Å². The van der Waals surface area contributed by atoms with Gasteiger partial charge in [0.15, 0.2) is 16.1 Å². The number of nitrogens with zero attached hydrogens (tertiary/aromatic N) is 6. The molecule has 0 aliphatic rings. The zero-order valence-electron chi connectivity index (χ0n) is 46.4. The number of para-hydroxylation sites is 4. The summed E-state index contributed by atoms with van der Waals surface area (Å²) in [7, 11) is -5.88. The van der Waals surface area contributed by atoms with E-state index in [-0.39, 0.29) is 0 Å². The van der Waals surface area contributed by atoms with Crippen LogP contribution in [0.4, 0.5) is 0 Å². The van der Waals surface area contributed by atoms with Gasteiger partial charge in [-0.15, -0.1) is 0 Å². The molecule has 0 unspecified atom stereocenters. The molecule has 0 bridgehead atoms. The lowest BCUT2D eigenvalue weighted by atomic mass is 10.1. The topological polar surface area (TPSA) is 52.9 Å². The molecule has 0 N–H and O–H groups in total. The Morgan fingerprint density at radius 1 is 0.247 bits per heavy atom. The van der Waals surface area contributed by atoms with Crippen LogP contribution in [0, 0.1) is 0 Å². The third kappa shape index (κ3) is 8.02. The van der Waals surface area contributed by atoms with Crippen LogP contribution in [0.3, 0.4) is 0 Å². The lowest BCUT2D eigenvalue weighted by Gasteiger charge is -2.34. The first-order valence-corrected chi connectivity index (χ1v) is 33.0. The number of hydrogen-bond donors (Lipinski definition) is 0. The molecule has 0 spiro atoms. The lowest BCUT2D eigenvalue weighted by Crippen LogP contribution is -2.74. The standard InChI is InChI=1S/C77H54N6Si2/c1-7-29-58(30-8-1)84(59-31-9-2-10-32-59,60-33-11-3-12-34-60)64-41-25-27-55(51-64)69-54-70(56-28-26-42-65(52-56)85(61-35-13-4-14-36-61,62-37-15-5-16-38-62)63-39-17-6-18-40-63)79-76(78-69)83-74-48-24-23-47-73(74)82-75-53-57(49-50-68(75)80-77(82)83)81-71-45-21-19-43-66(71)67-44-20-22-46-72(67)81/h1-54H. The van der Waals surface area contributed by atoms with Crippen LogP contribution in [0.25, 0.3) is 83.8 Å². The van der Waals surface area contributed by atoms with Gasteiger partial charge in [0, 0.05) is 27.6 Å². The number of benzene rings is 12. The second-order valence-corrected chi connectivity index (χ2v) is 29.5. The van der Waals surface area contributed by atoms with Gasteiger partial charge < -0.3 is 4.57 Å². The monoisotopic (exact) mass is 1120 g/mol. The summed E-state index contributed by atoms with van der Waals surface area (Å²) in [5, 5.41) is 12.8. The van der Waals surface area contributed by atoms with E-state index in [0.29, 0.717) is 5.95 Å². The first kappa shape index (κ1) is 50.0. The van der Waals surface area contributed by atoms with Crippen molar-refractivity contribution in [3.8, 4) is 34.2 Å². The average molecular weight is 1120 g/mol. The summed E-state index contributed by atoms with van der Waals surface area (Å²) >= 11 is 0. The predicted octanol–water partition coefficient (Wildman–Crippen LogP) is 12.4. The van der Waals surface area contributed by atoms with Gasteiger partial charge in [-0.05, 0) is 90.0 Å². The first-order valence-electron chi connectivity index (χ1n) is 29.0. The van der Waals surface area contributed by atoms with Crippen LogP contribution >= 0.6 is 0 Å². The Bertz CT molecular complexity index is 4690. The highest BCUT2D eigenvalue weighted by Crippen LogP contribution is 2.36. The van der Waals surface area contributed by atoms with Crippen LogP contribution in [0.2, 0.25) is 0 Å². The molecule has 85 heavy (non-hydrogen) atoms. The third-order valence-corrected chi connectivity index (χ3v) is 26.9. The van der Waals surface area contributed by atoms with E-state index in [0.717, 1.165) is 67.1 Å². The van der Waals surface area contributed by atoms with Gasteiger partial charge >= 0.3 is 0 Å². The molecule has 0 radical (unpaired) electrons. The average Bonchev–Trinajstić information content (AvgIpc) is 2.17. The Hall–Kier alpha value is -10.8. The molecule has 0 aliphatic carbocycles. The van der Waals surface area contributed by atoms with E-state index in [1.807, 2.05) is 0 Å². The summed E-state index contributed by atoms with van der Waals surface area (Å²) in [6.45, 7) is 0. The Morgan fingerprint density at radius 3 is 1.04 bits per heavy atom. The molecule has 4 heterocycles. The minimum absolute atomic E-state index is 0.530. The van der Waals surface area contributed by atoms with Crippen molar-refractivity contribution in [3.63, 3.8) is 0 Å². The molecule has 0 aliphatic heterocycles. The molecule has 6 nitrogen and oxygen atoms in total. The summed E-state index contributed by atoms with van der Waals surface area (Å²) in [4.78, 5) is 17.0. The second-order valence-electron chi connectivity index (χ2n) is 21.9. The van der Waals surface area contributed by atoms with E-state index in [2.05, 4.69) is 341 Å². The minimum Gasteiger partial charge on any atom is -0.309 e. The summed E-state index contributed by atoms with van der Waals surface area (Å²) < 4.78 is 6.84. The van der Waals surface area contributed by atoms with Crippen LogP contribution in [0.15, 0.2) is 328 Å². The molecule has 0 fully saturated rings. The number of aromatic nitrogens is 6. The van der Waals surface area contributed by atoms with Crippen molar-refractivity contribution in [1.82, 2.24) is 28.5 Å². The van der Waals surface area contributed by atoms with Crippen molar-refractivity contribution in [2.75, 3.05) is 0 Å². The number of imidazole rings is 2. The molecule has 4 aromatic heterocycles. The molecule has 12 aromatic carbocycles. The van der Waals surface area contributed by atoms with Crippen molar-refractivity contribution in [3.05, 3.63) is 328 Å². The Morgan fingerprint density at radius 2 is 0.612 bits per heavy atom. The number of fused-ring (bicyclic) bond motifs is 8. The molecule has 0 saturated carbocycles. The summed E-state index contributed by atoms with van der Waals surface area (Å²) in [6, 6.07) is 120. The van der Waals surface area contributed by atoms with Gasteiger partial charge in [-0.1, -0.05) is 279 Å². The highest BCUT2D eigenvalue weighted by molar-refractivity contribution is 7.20. The second kappa shape index (κ2) is 20.6. The van der Waals surface area contributed by atoms with Gasteiger partial charge in [0.25, 0.3) is 0 Å². The summed E-state index contributed by atoms with van der Waals surface area (Å²) in [5.41, 5.74) is 10.8. The van der Waals surface area contributed by atoms with Gasteiger partial charge in [-0.2, -0.15) is 0 Å². The molecular weight excluding hydrogens is 1070 g/mol. The van der Waals surface area contributed by atoms with E-state index in [1.54, 1.807) is 0 Å². The Labute approximate surface area is 494 Å². The summed E-state index contributed by atoms with van der Waals surface area (Å²) in [6.07, 6.45) is 0. The zero-order valence-corrected chi connectivity index (χ0v) is 48.4. The van der Waals surface area contributed by atoms with Gasteiger partial charge in [0.2, 0.25) is 11.7 Å². The van der Waals surface area contributed by atoms with Crippen molar-refractivity contribution in [1.29, 1.82) is 0 Å². The van der Waals surface area contributed by atoms with Gasteiger partial charge in [0.05, 0.1) is 44.5 Å². The fraction of sp³-hybridized carbons (Fsp3) is 0. The highest BCUT2D eigenvalue weighted by atomic mass is 28.3. The van der Waals surface area contributed by atoms with Gasteiger partial charge in [-0.25, -0.2) is 19.5 Å². The highest BCUT2D eigenvalue weighted by Gasteiger charge is 2.43. The van der Waals surface area contributed by atoms with E-state index in [9.17, 15) is 0 Å². The lowest BCUT2D eigenvalue weighted by molar-refractivity contribution is 0.972. The van der Waals surface area contributed by atoms with Crippen molar-refractivity contribution in [2.24, 2.45) is 0 Å². The van der Waals surface area contributed by atoms with Crippen LogP contribution in [0.1, 0.15) is 0 Å². The maximum absolute atomic E-state index is 5.74.